The Morgan fingerprint density at radius 2 is 1.68 bits per heavy atom. The molecule has 0 spiro atoms. The molecular formula is C20H14BrN3O. The fourth-order valence-electron chi connectivity index (χ4n) is 2.89. The molecule has 2 aromatic carbocycles. The fourth-order valence-corrected chi connectivity index (χ4v) is 3.15. The lowest BCUT2D eigenvalue weighted by Gasteiger charge is -2.08. The van der Waals surface area contributed by atoms with Crippen LogP contribution in [0, 0.1) is 0 Å². The molecule has 4 nitrogen and oxygen atoms in total. The highest BCUT2D eigenvalue weighted by Crippen LogP contribution is 2.24. The number of hydrogen-bond acceptors (Lipinski definition) is 3. The molecule has 0 N–H and O–H groups in total. The van der Waals surface area contributed by atoms with Crippen LogP contribution in [-0.2, 0) is 6.42 Å². The first-order valence-electron chi connectivity index (χ1n) is 7.88. The SMILES string of the molecule is O=C(Cc1cc2ccccc2n1-c1ncccn1)c1ccc(Br)cc1. The van der Waals surface area contributed by atoms with E-state index in [1.807, 2.05) is 59.2 Å². The second-order valence-corrected chi connectivity index (χ2v) is 6.60. The summed E-state index contributed by atoms with van der Waals surface area (Å²) < 4.78 is 2.90. The van der Waals surface area contributed by atoms with Crippen LogP contribution < -0.4 is 0 Å². The average Bonchev–Trinajstić information content (AvgIpc) is 3.00. The van der Waals surface area contributed by atoms with E-state index in [1.54, 1.807) is 18.5 Å². The van der Waals surface area contributed by atoms with Crippen molar-refractivity contribution in [3.63, 3.8) is 0 Å². The number of Topliss-reactive ketones (excluding diaryl/α,β-unsaturated/α-hetero) is 1. The summed E-state index contributed by atoms with van der Waals surface area (Å²) in [7, 11) is 0. The third-order valence-corrected chi connectivity index (χ3v) is 4.58. The van der Waals surface area contributed by atoms with Crippen molar-refractivity contribution in [2.24, 2.45) is 0 Å². The Hall–Kier alpha value is -2.79. The molecule has 25 heavy (non-hydrogen) atoms. The van der Waals surface area contributed by atoms with Crippen molar-refractivity contribution >= 4 is 32.6 Å². The van der Waals surface area contributed by atoms with Gasteiger partial charge in [-0.25, -0.2) is 9.97 Å². The maximum atomic E-state index is 12.7. The molecule has 0 aliphatic carbocycles. The van der Waals surface area contributed by atoms with Gasteiger partial charge in [0.2, 0.25) is 5.95 Å². The van der Waals surface area contributed by atoms with Gasteiger partial charge < -0.3 is 0 Å². The molecule has 2 aromatic heterocycles. The Labute approximate surface area is 153 Å². The first-order chi connectivity index (χ1) is 12.2. The summed E-state index contributed by atoms with van der Waals surface area (Å²) in [6.45, 7) is 0. The minimum atomic E-state index is 0.0625. The van der Waals surface area contributed by atoms with Crippen LogP contribution in [0.5, 0.6) is 0 Å². The number of carbonyl (C=O) groups excluding carboxylic acids is 1. The van der Waals surface area contributed by atoms with Gasteiger partial charge in [-0.1, -0.05) is 46.3 Å². The Morgan fingerprint density at radius 1 is 0.960 bits per heavy atom. The molecule has 0 amide bonds. The summed E-state index contributed by atoms with van der Waals surface area (Å²) in [5.41, 5.74) is 2.56. The number of halogens is 1. The highest BCUT2D eigenvalue weighted by Gasteiger charge is 2.16. The average molecular weight is 392 g/mol. The maximum Gasteiger partial charge on any atom is 0.234 e. The minimum Gasteiger partial charge on any atom is -0.294 e. The zero-order valence-electron chi connectivity index (χ0n) is 13.3. The van der Waals surface area contributed by atoms with E-state index in [4.69, 9.17) is 0 Å². The van der Waals surface area contributed by atoms with E-state index in [2.05, 4.69) is 25.9 Å². The lowest BCUT2D eigenvalue weighted by molar-refractivity contribution is 0.0991. The molecule has 5 heteroatoms. The van der Waals surface area contributed by atoms with Crippen LogP contribution in [0.1, 0.15) is 16.1 Å². The van der Waals surface area contributed by atoms with Crippen LogP contribution in [-0.4, -0.2) is 20.3 Å². The van der Waals surface area contributed by atoms with Crippen LogP contribution in [0.25, 0.3) is 16.9 Å². The van der Waals surface area contributed by atoms with Gasteiger partial charge >= 0.3 is 0 Å². The summed E-state index contributed by atoms with van der Waals surface area (Å²) >= 11 is 3.39. The van der Waals surface area contributed by atoms with Crippen molar-refractivity contribution in [2.75, 3.05) is 0 Å². The highest BCUT2D eigenvalue weighted by atomic mass is 79.9. The van der Waals surface area contributed by atoms with E-state index >= 15 is 0 Å². The molecule has 0 radical (unpaired) electrons. The van der Waals surface area contributed by atoms with Gasteiger partial charge in [0.15, 0.2) is 5.78 Å². The van der Waals surface area contributed by atoms with Gasteiger partial charge in [-0.3, -0.25) is 9.36 Å². The zero-order chi connectivity index (χ0) is 17.2. The van der Waals surface area contributed by atoms with Crippen LogP contribution >= 0.6 is 15.9 Å². The lowest BCUT2D eigenvalue weighted by Crippen LogP contribution is -2.10. The van der Waals surface area contributed by atoms with Gasteiger partial charge in [0.05, 0.1) is 11.9 Å². The number of ketones is 1. The van der Waals surface area contributed by atoms with Crippen LogP contribution in [0.3, 0.4) is 0 Å². The Bertz CT molecular complexity index is 1040. The third kappa shape index (κ3) is 3.10. The number of benzene rings is 2. The second-order valence-electron chi connectivity index (χ2n) is 5.69. The van der Waals surface area contributed by atoms with Crippen molar-refractivity contribution in [1.82, 2.24) is 14.5 Å². The number of nitrogens with zero attached hydrogens (tertiary/aromatic N) is 3. The van der Waals surface area contributed by atoms with Gasteiger partial charge in [0.25, 0.3) is 0 Å². The van der Waals surface area contributed by atoms with Gasteiger partial charge in [-0.05, 0) is 30.3 Å². The van der Waals surface area contributed by atoms with Gasteiger partial charge in [0, 0.05) is 33.5 Å². The number of para-hydroxylation sites is 1. The number of aromatic nitrogens is 3. The molecule has 4 aromatic rings. The summed E-state index contributed by atoms with van der Waals surface area (Å²) in [5.74, 6) is 0.634. The van der Waals surface area contributed by atoms with Crippen LogP contribution in [0.15, 0.2) is 77.5 Å². The van der Waals surface area contributed by atoms with Gasteiger partial charge in [0.1, 0.15) is 0 Å². The van der Waals surface area contributed by atoms with Gasteiger partial charge in [-0.2, -0.15) is 0 Å². The monoisotopic (exact) mass is 391 g/mol. The largest absolute Gasteiger partial charge is 0.294 e. The molecule has 2 heterocycles. The Balaban J connectivity index is 1.79. The molecule has 4 rings (SSSR count). The topological polar surface area (TPSA) is 47.8 Å². The predicted octanol–water partition coefficient (Wildman–Crippen LogP) is 4.61. The standard InChI is InChI=1S/C20H14BrN3O/c21-16-8-6-14(7-9-16)19(25)13-17-12-15-4-1-2-5-18(15)24(17)20-22-10-3-11-23-20/h1-12H,13H2. The molecule has 0 saturated heterocycles. The fraction of sp³-hybridized carbons (Fsp3) is 0.0500. The van der Waals surface area contributed by atoms with Crippen LogP contribution in [0.2, 0.25) is 0 Å². The van der Waals surface area contributed by atoms with Crippen molar-refractivity contribution in [3.05, 3.63) is 88.8 Å². The normalized spacial score (nSPS) is 10.9. The molecule has 0 fully saturated rings. The van der Waals surface area contributed by atoms with Crippen molar-refractivity contribution < 1.29 is 4.79 Å². The summed E-state index contributed by atoms with van der Waals surface area (Å²) in [6, 6.07) is 19.2. The van der Waals surface area contributed by atoms with Crippen molar-refractivity contribution in [2.45, 2.75) is 6.42 Å². The van der Waals surface area contributed by atoms with E-state index in [0.29, 0.717) is 11.5 Å². The molecule has 0 unspecified atom stereocenters. The molecule has 0 bridgehead atoms. The molecule has 0 aliphatic rings. The van der Waals surface area contributed by atoms with E-state index in [0.717, 1.165) is 21.1 Å². The zero-order valence-corrected chi connectivity index (χ0v) is 14.8. The quantitative estimate of drug-likeness (QED) is 0.477. The lowest BCUT2D eigenvalue weighted by atomic mass is 10.1. The molecule has 0 atom stereocenters. The highest BCUT2D eigenvalue weighted by molar-refractivity contribution is 9.10. The van der Waals surface area contributed by atoms with E-state index in [-0.39, 0.29) is 12.2 Å². The number of rotatable bonds is 4. The summed E-state index contributed by atoms with van der Waals surface area (Å²) in [6.07, 6.45) is 3.70. The van der Waals surface area contributed by atoms with E-state index in [9.17, 15) is 4.79 Å². The summed E-state index contributed by atoms with van der Waals surface area (Å²) in [4.78, 5) is 21.4. The Kier molecular flexibility index (Phi) is 4.15. The maximum absolute atomic E-state index is 12.7. The predicted molar refractivity (Wildman–Crippen MR) is 101 cm³/mol. The first-order valence-corrected chi connectivity index (χ1v) is 8.67. The summed E-state index contributed by atoms with van der Waals surface area (Å²) in [5, 5.41) is 1.06. The van der Waals surface area contributed by atoms with E-state index < -0.39 is 0 Å². The third-order valence-electron chi connectivity index (χ3n) is 4.05. The van der Waals surface area contributed by atoms with Crippen LogP contribution in [0.4, 0.5) is 0 Å². The molecule has 0 aliphatic heterocycles. The van der Waals surface area contributed by atoms with Gasteiger partial charge in [-0.15, -0.1) is 0 Å². The number of hydrogen-bond donors (Lipinski definition) is 0. The number of fused-ring (bicyclic) bond motifs is 1. The van der Waals surface area contributed by atoms with Crippen molar-refractivity contribution in [1.29, 1.82) is 0 Å². The van der Waals surface area contributed by atoms with E-state index in [1.165, 1.54) is 0 Å². The number of carbonyl (C=O) groups is 1. The smallest absolute Gasteiger partial charge is 0.234 e. The molecular weight excluding hydrogens is 378 g/mol. The van der Waals surface area contributed by atoms with Crippen molar-refractivity contribution in [3.8, 4) is 5.95 Å². The molecule has 0 saturated carbocycles. The Morgan fingerprint density at radius 3 is 2.44 bits per heavy atom. The first kappa shape index (κ1) is 15.7. The second kappa shape index (κ2) is 6.61. The molecule has 122 valence electrons. The minimum absolute atomic E-state index is 0.0625.